The number of methoxy groups -OCH3 is 1. The van der Waals surface area contributed by atoms with E-state index in [2.05, 4.69) is 15.8 Å². The molecule has 2 aromatic heterocycles. The van der Waals surface area contributed by atoms with E-state index in [0.29, 0.717) is 6.61 Å². The van der Waals surface area contributed by atoms with Crippen molar-refractivity contribution >= 4 is 16.3 Å². The molecule has 0 spiro atoms. The van der Waals surface area contributed by atoms with Crippen LogP contribution in [-0.2, 0) is 6.42 Å². The van der Waals surface area contributed by atoms with Crippen LogP contribution in [0.1, 0.15) is 12.6 Å². The molecule has 0 aliphatic rings. The predicted octanol–water partition coefficient (Wildman–Crippen LogP) is 5.20. The Labute approximate surface area is 167 Å². The number of nitriles is 1. The van der Waals surface area contributed by atoms with E-state index in [9.17, 15) is 5.26 Å². The molecule has 28 heavy (non-hydrogen) atoms. The molecule has 140 valence electrons. The fraction of sp³-hybridized carbons (Fsp3) is 0.182. The molecule has 0 unspecified atom stereocenters. The highest BCUT2D eigenvalue weighted by Crippen LogP contribution is 2.37. The summed E-state index contributed by atoms with van der Waals surface area (Å²) < 4.78 is 13.1. The number of hydrogen-bond donors (Lipinski definition) is 0. The van der Waals surface area contributed by atoms with Gasteiger partial charge in [0, 0.05) is 16.5 Å². The molecule has 0 aliphatic heterocycles. The van der Waals surface area contributed by atoms with Crippen molar-refractivity contribution in [3.05, 3.63) is 59.6 Å². The van der Waals surface area contributed by atoms with Crippen molar-refractivity contribution in [2.75, 3.05) is 13.7 Å². The van der Waals surface area contributed by atoms with Crippen LogP contribution in [0.3, 0.4) is 0 Å². The van der Waals surface area contributed by atoms with E-state index < -0.39 is 0 Å². The lowest BCUT2D eigenvalue weighted by Gasteiger charge is -2.10. The third kappa shape index (κ3) is 3.10. The Balaban J connectivity index is 1.91. The number of thiazole rings is 1. The van der Waals surface area contributed by atoms with Crippen LogP contribution in [0.2, 0.25) is 0 Å². The lowest BCUT2D eigenvalue weighted by molar-refractivity contribution is 0.341. The summed E-state index contributed by atoms with van der Waals surface area (Å²) in [7, 11) is 1.64. The maximum absolute atomic E-state index is 9.46. The summed E-state index contributed by atoms with van der Waals surface area (Å²) in [6, 6.07) is 18.0. The van der Waals surface area contributed by atoms with E-state index in [0.717, 1.165) is 44.7 Å². The Hall–Kier alpha value is -3.30. The first kappa shape index (κ1) is 18.1. The molecule has 0 amide bonds. The molecule has 0 fully saturated rings. The van der Waals surface area contributed by atoms with Gasteiger partial charge in [-0.3, -0.25) is 4.40 Å². The minimum absolute atomic E-state index is 0.267. The number of para-hydroxylation sites is 1. The molecular formula is C22H19N3O2S. The van der Waals surface area contributed by atoms with Crippen molar-refractivity contribution in [1.29, 1.82) is 5.26 Å². The average Bonchev–Trinajstić information content (AvgIpc) is 3.29. The number of rotatable bonds is 6. The van der Waals surface area contributed by atoms with Gasteiger partial charge in [-0.05, 0) is 43.3 Å². The Kier molecular flexibility index (Phi) is 5.00. The molecule has 0 bridgehead atoms. The molecule has 2 heterocycles. The highest BCUT2D eigenvalue weighted by atomic mass is 32.1. The first-order valence-corrected chi connectivity index (χ1v) is 9.87. The van der Waals surface area contributed by atoms with E-state index in [1.165, 1.54) is 0 Å². The number of imidazole rings is 1. The molecule has 0 aliphatic carbocycles. The topological polar surface area (TPSA) is 59.5 Å². The van der Waals surface area contributed by atoms with Gasteiger partial charge in [-0.25, -0.2) is 4.98 Å². The summed E-state index contributed by atoms with van der Waals surface area (Å²) in [6.45, 7) is 2.57. The molecule has 0 saturated carbocycles. The fourth-order valence-electron chi connectivity index (χ4n) is 3.28. The van der Waals surface area contributed by atoms with Crippen LogP contribution in [0.4, 0.5) is 0 Å². The van der Waals surface area contributed by atoms with Crippen molar-refractivity contribution in [2.24, 2.45) is 0 Å². The van der Waals surface area contributed by atoms with E-state index >= 15 is 0 Å². The van der Waals surface area contributed by atoms with Crippen LogP contribution in [0, 0.1) is 11.3 Å². The Bertz CT molecular complexity index is 1150. The van der Waals surface area contributed by atoms with E-state index in [-0.39, 0.29) is 6.42 Å². The van der Waals surface area contributed by atoms with Gasteiger partial charge in [0.15, 0.2) is 4.96 Å². The second-order valence-corrected chi connectivity index (χ2v) is 6.98. The molecule has 6 heteroatoms. The van der Waals surface area contributed by atoms with Gasteiger partial charge in [0.2, 0.25) is 0 Å². The van der Waals surface area contributed by atoms with Crippen LogP contribution in [0.5, 0.6) is 11.5 Å². The largest absolute Gasteiger partial charge is 0.497 e. The number of aromatic nitrogens is 2. The summed E-state index contributed by atoms with van der Waals surface area (Å²) in [6.07, 6.45) is 0.267. The molecule has 4 aromatic rings. The lowest BCUT2D eigenvalue weighted by atomic mass is 10.1. The number of ether oxygens (including phenoxy) is 2. The third-order valence-electron chi connectivity index (χ3n) is 4.53. The van der Waals surface area contributed by atoms with Crippen molar-refractivity contribution in [3.8, 4) is 40.1 Å². The van der Waals surface area contributed by atoms with Gasteiger partial charge in [-0.15, -0.1) is 11.3 Å². The van der Waals surface area contributed by atoms with Gasteiger partial charge in [-0.2, -0.15) is 5.26 Å². The zero-order valence-electron chi connectivity index (χ0n) is 15.7. The minimum atomic E-state index is 0.267. The third-order valence-corrected chi connectivity index (χ3v) is 5.36. The maximum atomic E-state index is 9.46. The molecule has 0 saturated heterocycles. The Morgan fingerprint density at radius 3 is 2.64 bits per heavy atom. The molecule has 0 N–H and O–H groups in total. The summed E-state index contributed by atoms with van der Waals surface area (Å²) in [5.41, 5.74) is 4.65. The van der Waals surface area contributed by atoms with Crippen molar-refractivity contribution in [3.63, 3.8) is 0 Å². The van der Waals surface area contributed by atoms with Gasteiger partial charge in [0.25, 0.3) is 0 Å². The number of benzene rings is 2. The molecular weight excluding hydrogens is 370 g/mol. The van der Waals surface area contributed by atoms with Crippen LogP contribution < -0.4 is 9.47 Å². The second kappa shape index (κ2) is 7.75. The zero-order chi connectivity index (χ0) is 19.5. The summed E-state index contributed by atoms with van der Waals surface area (Å²) in [5, 5.41) is 11.5. The van der Waals surface area contributed by atoms with Gasteiger partial charge < -0.3 is 9.47 Å². The number of hydrogen-bond acceptors (Lipinski definition) is 5. The highest BCUT2D eigenvalue weighted by molar-refractivity contribution is 7.15. The van der Waals surface area contributed by atoms with Gasteiger partial charge in [0.1, 0.15) is 11.5 Å². The van der Waals surface area contributed by atoms with E-state index in [1.54, 1.807) is 18.4 Å². The smallest absolute Gasteiger partial charge is 0.195 e. The fourth-order valence-corrected chi connectivity index (χ4v) is 4.19. The first-order chi connectivity index (χ1) is 13.8. The molecule has 0 atom stereocenters. The molecule has 5 nitrogen and oxygen atoms in total. The van der Waals surface area contributed by atoms with Gasteiger partial charge in [0.05, 0.1) is 43.3 Å². The SMILES string of the molecule is CCOc1ccccc1-c1csc2nc(-c3ccc(OC)cc3)c(CC#N)n12. The summed E-state index contributed by atoms with van der Waals surface area (Å²) in [4.78, 5) is 5.69. The summed E-state index contributed by atoms with van der Waals surface area (Å²) >= 11 is 1.56. The van der Waals surface area contributed by atoms with Crippen LogP contribution in [0.15, 0.2) is 53.9 Å². The van der Waals surface area contributed by atoms with Gasteiger partial charge >= 0.3 is 0 Å². The Morgan fingerprint density at radius 1 is 1.14 bits per heavy atom. The average molecular weight is 389 g/mol. The second-order valence-electron chi connectivity index (χ2n) is 6.14. The summed E-state index contributed by atoms with van der Waals surface area (Å²) in [5.74, 6) is 1.62. The predicted molar refractivity (Wildman–Crippen MR) is 111 cm³/mol. The molecule has 2 aromatic carbocycles. The van der Waals surface area contributed by atoms with E-state index in [4.69, 9.17) is 14.5 Å². The van der Waals surface area contributed by atoms with E-state index in [1.807, 2.05) is 55.5 Å². The van der Waals surface area contributed by atoms with Crippen molar-refractivity contribution < 1.29 is 9.47 Å². The first-order valence-electron chi connectivity index (χ1n) is 8.99. The van der Waals surface area contributed by atoms with Crippen LogP contribution >= 0.6 is 11.3 Å². The van der Waals surface area contributed by atoms with Gasteiger partial charge in [-0.1, -0.05) is 12.1 Å². The monoisotopic (exact) mass is 389 g/mol. The van der Waals surface area contributed by atoms with Crippen molar-refractivity contribution in [1.82, 2.24) is 9.38 Å². The number of fused-ring (bicyclic) bond motifs is 1. The number of nitrogens with zero attached hydrogens (tertiary/aromatic N) is 3. The maximum Gasteiger partial charge on any atom is 0.195 e. The van der Waals surface area contributed by atoms with Crippen LogP contribution in [-0.4, -0.2) is 23.1 Å². The lowest BCUT2D eigenvalue weighted by Crippen LogP contribution is -1.98. The zero-order valence-corrected chi connectivity index (χ0v) is 16.5. The van der Waals surface area contributed by atoms with Crippen molar-refractivity contribution in [2.45, 2.75) is 13.3 Å². The molecule has 0 radical (unpaired) electrons. The quantitative estimate of drug-likeness (QED) is 0.455. The molecule has 4 rings (SSSR count). The van der Waals surface area contributed by atoms with Crippen LogP contribution in [0.25, 0.3) is 27.5 Å². The highest BCUT2D eigenvalue weighted by Gasteiger charge is 2.20. The Morgan fingerprint density at radius 2 is 1.93 bits per heavy atom. The standard InChI is InChI=1S/C22H19N3O2S/c1-3-27-20-7-5-4-6-17(20)19-14-28-22-24-21(18(12-13-23)25(19)22)15-8-10-16(26-2)11-9-15/h4-11,14H,3,12H2,1-2H3. The normalized spacial score (nSPS) is 10.8. The minimum Gasteiger partial charge on any atom is -0.497 e.